The molecule has 0 unspecified atom stereocenters. The molecule has 0 aromatic heterocycles. The van der Waals surface area contributed by atoms with E-state index in [0.717, 1.165) is 23.3 Å². The number of allylic oxidation sites excluding steroid dienone is 2. The maximum atomic E-state index is 13.8. The standard InChI is InChI=1S/C22H33FSi/c1-16-2-11-21(14-22(16)23)20-12-9-18(10-13-20)4-3-17-5-7-19(15-24)8-6-17/h2-4,11,14,17-20H,5-10,12-13,15H2,1,24H3/b4-3+. The van der Waals surface area contributed by atoms with Gasteiger partial charge in [0.1, 0.15) is 5.82 Å². The first-order valence-electron chi connectivity index (χ1n) is 10.1. The summed E-state index contributed by atoms with van der Waals surface area (Å²) in [4.78, 5) is 0. The third-order valence-electron chi connectivity index (χ3n) is 6.56. The monoisotopic (exact) mass is 344 g/mol. The van der Waals surface area contributed by atoms with Gasteiger partial charge in [0.2, 0.25) is 0 Å². The molecular weight excluding hydrogens is 311 g/mol. The van der Waals surface area contributed by atoms with Crippen molar-refractivity contribution in [2.45, 2.75) is 70.3 Å². The van der Waals surface area contributed by atoms with Crippen LogP contribution >= 0.6 is 0 Å². The molecule has 24 heavy (non-hydrogen) atoms. The molecule has 0 aliphatic heterocycles. The summed E-state index contributed by atoms with van der Waals surface area (Å²) >= 11 is 0. The second-order valence-electron chi connectivity index (χ2n) is 8.19. The van der Waals surface area contributed by atoms with Gasteiger partial charge in [0.05, 0.1) is 0 Å². The van der Waals surface area contributed by atoms with Gasteiger partial charge in [0.15, 0.2) is 0 Å². The van der Waals surface area contributed by atoms with Gasteiger partial charge in [-0.05, 0) is 86.3 Å². The molecule has 0 atom stereocenters. The van der Waals surface area contributed by atoms with E-state index in [1.807, 2.05) is 13.0 Å². The molecule has 2 saturated carbocycles. The molecule has 0 spiro atoms. The van der Waals surface area contributed by atoms with Crippen molar-refractivity contribution in [3.63, 3.8) is 0 Å². The molecule has 0 saturated heterocycles. The summed E-state index contributed by atoms with van der Waals surface area (Å²) in [5, 5.41) is 0. The van der Waals surface area contributed by atoms with Gasteiger partial charge in [-0.1, -0.05) is 43.2 Å². The van der Waals surface area contributed by atoms with Crippen LogP contribution in [0, 0.1) is 30.5 Å². The number of hydrogen-bond donors (Lipinski definition) is 0. The number of benzene rings is 1. The highest BCUT2D eigenvalue weighted by Crippen LogP contribution is 2.37. The van der Waals surface area contributed by atoms with E-state index in [2.05, 4.69) is 18.2 Å². The molecule has 0 nitrogen and oxygen atoms in total. The Bertz CT molecular complexity index is 549. The number of rotatable bonds is 4. The lowest BCUT2D eigenvalue weighted by atomic mass is 9.77. The van der Waals surface area contributed by atoms with Gasteiger partial charge in [0.25, 0.3) is 0 Å². The molecule has 2 aliphatic carbocycles. The number of halogens is 1. The van der Waals surface area contributed by atoms with E-state index in [0.29, 0.717) is 5.92 Å². The second-order valence-corrected chi connectivity index (χ2v) is 9.01. The van der Waals surface area contributed by atoms with E-state index in [9.17, 15) is 4.39 Å². The zero-order chi connectivity index (χ0) is 16.9. The topological polar surface area (TPSA) is 0 Å². The third kappa shape index (κ3) is 4.59. The Morgan fingerprint density at radius 1 is 0.958 bits per heavy atom. The normalized spacial score (nSPS) is 31.6. The summed E-state index contributed by atoms with van der Waals surface area (Å²) in [6.45, 7) is 1.84. The molecule has 2 fully saturated rings. The Hall–Kier alpha value is -0.893. The minimum absolute atomic E-state index is 0.0418. The summed E-state index contributed by atoms with van der Waals surface area (Å²) in [6.07, 6.45) is 15.8. The number of hydrogen-bond acceptors (Lipinski definition) is 0. The quantitative estimate of drug-likeness (QED) is 0.496. The van der Waals surface area contributed by atoms with Gasteiger partial charge in [0, 0.05) is 10.2 Å². The van der Waals surface area contributed by atoms with Crippen LogP contribution in [0.4, 0.5) is 4.39 Å². The van der Waals surface area contributed by atoms with Crippen LogP contribution in [0.2, 0.25) is 6.04 Å². The summed E-state index contributed by atoms with van der Waals surface area (Å²) < 4.78 is 13.8. The highest BCUT2D eigenvalue weighted by Gasteiger charge is 2.22. The van der Waals surface area contributed by atoms with E-state index >= 15 is 0 Å². The first-order valence-corrected chi connectivity index (χ1v) is 11.5. The van der Waals surface area contributed by atoms with Gasteiger partial charge >= 0.3 is 0 Å². The highest BCUT2D eigenvalue weighted by molar-refractivity contribution is 6.08. The zero-order valence-corrected chi connectivity index (χ0v) is 17.4. The molecule has 2 heteroatoms. The van der Waals surface area contributed by atoms with Crippen molar-refractivity contribution in [2.24, 2.45) is 17.8 Å². The van der Waals surface area contributed by atoms with E-state index in [1.165, 1.54) is 73.2 Å². The van der Waals surface area contributed by atoms with Gasteiger partial charge < -0.3 is 0 Å². The largest absolute Gasteiger partial charge is 0.207 e. The second kappa shape index (κ2) is 8.47. The molecule has 0 N–H and O–H groups in total. The van der Waals surface area contributed by atoms with Crippen molar-refractivity contribution >= 4 is 10.2 Å². The minimum atomic E-state index is -0.0418. The molecule has 132 valence electrons. The summed E-state index contributed by atoms with van der Waals surface area (Å²) in [5.41, 5.74) is 1.97. The fourth-order valence-corrected chi connectivity index (χ4v) is 5.43. The smallest absolute Gasteiger partial charge is 0.126 e. The first kappa shape index (κ1) is 17.9. The van der Waals surface area contributed by atoms with Crippen molar-refractivity contribution in [3.05, 3.63) is 47.3 Å². The van der Waals surface area contributed by atoms with Gasteiger partial charge in [-0.2, -0.15) is 0 Å². The Morgan fingerprint density at radius 2 is 1.54 bits per heavy atom. The minimum Gasteiger partial charge on any atom is -0.207 e. The van der Waals surface area contributed by atoms with Crippen LogP contribution in [-0.4, -0.2) is 10.2 Å². The van der Waals surface area contributed by atoms with Gasteiger partial charge in [-0.25, -0.2) is 4.39 Å². The zero-order valence-electron chi connectivity index (χ0n) is 15.4. The lowest BCUT2D eigenvalue weighted by molar-refractivity contribution is 0.327. The van der Waals surface area contributed by atoms with Crippen molar-refractivity contribution in [1.29, 1.82) is 0 Å². The van der Waals surface area contributed by atoms with Crippen LogP contribution in [0.3, 0.4) is 0 Å². The highest BCUT2D eigenvalue weighted by atomic mass is 28.1. The lowest BCUT2D eigenvalue weighted by Gasteiger charge is -2.29. The summed E-state index contributed by atoms with van der Waals surface area (Å²) in [5.74, 6) is 3.17. The van der Waals surface area contributed by atoms with Crippen LogP contribution in [0.1, 0.15) is 68.4 Å². The fraction of sp³-hybridized carbons (Fsp3) is 0.636. The summed E-state index contributed by atoms with van der Waals surface area (Å²) in [7, 11) is 1.38. The molecule has 0 amide bonds. The van der Waals surface area contributed by atoms with Crippen LogP contribution in [0.15, 0.2) is 30.4 Å². The first-order chi connectivity index (χ1) is 11.7. The fourth-order valence-electron chi connectivity index (χ4n) is 4.61. The SMILES string of the molecule is Cc1ccc(C2CCC(/C=C/C3CCC(C[SiH3])CC3)CC2)cc1F. The Balaban J connectivity index is 1.46. The Kier molecular flexibility index (Phi) is 6.32. The molecular formula is C22H33FSi. The van der Waals surface area contributed by atoms with Crippen LogP contribution in [-0.2, 0) is 0 Å². The van der Waals surface area contributed by atoms with E-state index < -0.39 is 0 Å². The van der Waals surface area contributed by atoms with Gasteiger partial charge in [-0.3, -0.25) is 0 Å². The van der Waals surface area contributed by atoms with Crippen LogP contribution < -0.4 is 0 Å². The van der Waals surface area contributed by atoms with Crippen LogP contribution in [0.5, 0.6) is 0 Å². The Morgan fingerprint density at radius 3 is 2.08 bits per heavy atom. The predicted molar refractivity (Wildman–Crippen MR) is 105 cm³/mol. The van der Waals surface area contributed by atoms with E-state index in [-0.39, 0.29) is 5.82 Å². The molecule has 0 bridgehead atoms. The lowest BCUT2D eigenvalue weighted by Crippen LogP contribution is -2.14. The Labute approximate surface area is 150 Å². The van der Waals surface area contributed by atoms with Crippen molar-refractivity contribution in [3.8, 4) is 0 Å². The molecule has 1 aromatic carbocycles. The van der Waals surface area contributed by atoms with E-state index in [1.54, 1.807) is 6.07 Å². The molecule has 2 aliphatic rings. The summed E-state index contributed by atoms with van der Waals surface area (Å²) in [6, 6.07) is 7.34. The predicted octanol–water partition coefficient (Wildman–Crippen LogP) is 5.55. The number of aryl methyl sites for hydroxylation is 1. The average molecular weight is 345 g/mol. The van der Waals surface area contributed by atoms with Crippen molar-refractivity contribution in [1.82, 2.24) is 0 Å². The van der Waals surface area contributed by atoms with Gasteiger partial charge in [-0.15, -0.1) is 0 Å². The molecule has 1 aromatic rings. The van der Waals surface area contributed by atoms with Crippen LogP contribution in [0.25, 0.3) is 0 Å². The molecule has 3 rings (SSSR count). The maximum Gasteiger partial charge on any atom is 0.126 e. The molecule has 0 radical (unpaired) electrons. The van der Waals surface area contributed by atoms with Crippen molar-refractivity contribution < 1.29 is 4.39 Å². The third-order valence-corrected chi connectivity index (χ3v) is 7.72. The average Bonchev–Trinajstić information content (AvgIpc) is 2.63. The molecule has 0 heterocycles. The van der Waals surface area contributed by atoms with Crippen molar-refractivity contribution in [2.75, 3.05) is 0 Å². The maximum absolute atomic E-state index is 13.8. The van der Waals surface area contributed by atoms with E-state index in [4.69, 9.17) is 0 Å².